The molecule has 7 N–H and O–H groups in total. The summed E-state index contributed by atoms with van der Waals surface area (Å²) in [4.78, 5) is 32.0. The first-order valence-electron chi connectivity index (χ1n) is 13.1. The number of nitrogens with zero attached hydrogens (tertiary/aromatic N) is 2. The van der Waals surface area contributed by atoms with Crippen LogP contribution < -0.4 is 32.4 Å². The van der Waals surface area contributed by atoms with Gasteiger partial charge in [-0.3, -0.25) is 9.59 Å². The lowest BCUT2D eigenvalue weighted by molar-refractivity contribution is -0.427. The van der Waals surface area contributed by atoms with Gasteiger partial charge in [-0.2, -0.15) is 0 Å². The highest BCUT2D eigenvalue weighted by atomic mass is 32.1. The molecule has 12 heteroatoms. The van der Waals surface area contributed by atoms with Gasteiger partial charge in [0.05, 0.1) is 53.5 Å². The SMILES string of the molecule is NC(=O)c1ncc(N[C@H]2CCCC[C@H]2[NH3+])cc1Nc1ccc(-c2coc3c(=O)cc(N4CCOCC4)oc23)s1. The molecule has 39 heavy (non-hydrogen) atoms. The number of hydrogen-bond acceptors (Lipinski definition) is 10. The molecule has 1 aliphatic carbocycles. The van der Waals surface area contributed by atoms with Crippen molar-refractivity contribution in [2.24, 2.45) is 5.73 Å². The minimum Gasteiger partial charge on any atom is -0.456 e. The molecule has 204 valence electrons. The molecule has 1 saturated carbocycles. The normalized spacial score (nSPS) is 19.8. The van der Waals surface area contributed by atoms with Crippen molar-refractivity contribution < 1.29 is 24.1 Å². The quantitative estimate of drug-likeness (QED) is 0.270. The third-order valence-electron chi connectivity index (χ3n) is 7.26. The Morgan fingerprint density at radius 1 is 1.15 bits per heavy atom. The number of quaternary nitrogens is 1. The number of carbonyl (C=O) groups is 1. The van der Waals surface area contributed by atoms with Gasteiger partial charge in [0.15, 0.2) is 17.2 Å². The van der Waals surface area contributed by atoms with Crippen molar-refractivity contribution in [3.63, 3.8) is 0 Å². The van der Waals surface area contributed by atoms with Crippen molar-refractivity contribution in [2.45, 2.75) is 37.8 Å². The van der Waals surface area contributed by atoms with Crippen LogP contribution in [0.2, 0.25) is 0 Å². The first-order valence-corrected chi connectivity index (χ1v) is 13.9. The van der Waals surface area contributed by atoms with Crippen LogP contribution in [0.15, 0.2) is 50.4 Å². The van der Waals surface area contributed by atoms with E-state index < -0.39 is 5.91 Å². The highest BCUT2D eigenvalue weighted by molar-refractivity contribution is 7.19. The molecule has 2 aliphatic rings. The third kappa shape index (κ3) is 5.22. The number of pyridine rings is 1. The summed E-state index contributed by atoms with van der Waals surface area (Å²) in [5, 5.41) is 7.59. The number of aromatic nitrogens is 1. The Morgan fingerprint density at radius 2 is 1.97 bits per heavy atom. The number of thiophene rings is 1. The van der Waals surface area contributed by atoms with Gasteiger partial charge in [-0.1, -0.05) is 6.42 Å². The number of furan rings is 1. The summed E-state index contributed by atoms with van der Waals surface area (Å²) >= 11 is 1.43. The van der Waals surface area contributed by atoms with Gasteiger partial charge in [0, 0.05) is 24.4 Å². The van der Waals surface area contributed by atoms with Crippen LogP contribution in [0.25, 0.3) is 21.6 Å². The molecule has 1 amide bonds. The zero-order chi connectivity index (χ0) is 26.9. The van der Waals surface area contributed by atoms with Crippen molar-refractivity contribution in [3.8, 4) is 10.4 Å². The molecule has 0 radical (unpaired) electrons. The summed E-state index contributed by atoms with van der Waals surface area (Å²) in [6.07, 6.45) is 7.67. The van der Waals surface area contributed by atoms with Crippen molar-refractivity contribution in [3.05, 3.63) is 52.6 Å². The second kappa shape index (κ2) is 10.7. The first kappa shape index (κ1) is 25.4. The molecule has 0 spiro atoms. The maximum Gasteiger partial charge on any atom is 0.269 e. The monoisotopic (exact) mass is 551 g/mol. The van der Waals surface area contributed by atoms with Crippen LogP contribution in [0.1, 0.15) is 36.2 Å². The zero-order valence-electron chi connectivity index (χ0n) is 21.4. The minimum absolute atomic E-state index is 0.153. The van der Waals surface area contributed by atoms with E-state index in [9.17, 15) is 9.59 Å². The van der Waals surface area contributed by atoms with Gasteiger partial charge < -0.3 is 40.6 Å². The maximum atomic E-state index is 12.7. The second-order valence-electron chi connectivity index (χ2n) is 9.92. The standard InChI is InChI=1S/C27H30N6O5S/c28-17-3-1-2-4-18(17)31-15-11-19(24(27(29)35)30-13-15)32-22-6-5-21(39-22)16-14-37-26-20(34)12-23(38-25(16)26)33-7-9-36-10-8-33/h5-6,11-14,17-18,31-32H,1-4,7-10,28H2,(H2,29,35)/p+1/t17-,18+/m1/s1. The van der Waals surface area contributed by atoms with Crippen molar-refractivity contribution >= 4 is 50.7 Å². The van der Waals surface area contributed by atoms with Crippen molar-refractivity contribution in [1.29, 1.82) is 0 Å². The lowest BCUT2D eigenvalue weighted by Crippen LogP contribution is -2.68. The molecule has 0 unspecified atom stereocenters. The average molecular weight is 552 g/mol. The molecule has 0 aromatic carbocycles. The number of nitrogens with two attached hydrogens (primary N) is 1. The fraction of sp³-hybridized carbons (Fsp3) is 0.370. The molecular formula is C27H31N6O5S+. The lowest BCUT2D eigenvalue weighted by Gasteiger charge is -2.27. The van der Waals surface area contributed by atoms with Crippen LogP contribution in [0.5, 0.6) is 0 Å². The van der Waals surface area contributed by atoms with Crippen LogP contribution in [0.4, 0.5) is 22.3 Å². The summed E-state index contributed by atoms with van der Waals surface area (Å²) in [7, 11) is 0. The molecule has 5 heterocycles. The van der Waals surface area contributed by atoms with Crippen LogP contribution in [-0.4, -0.2) is 49.3 Å². The van der Waals surface area contributed by atoms with E-state index in [1.165, 1.54) is 30.1 Å². The highest BCUT2D eigenvalue weighted by Crippen LogP contribution is 2.39. The number of morpholine rings is 1. The Labute approximate surface area is 228 Å². The maximum absolute atomic E-state index is 12.7. The number of fused-ring (bicyclic) bond motifs is 1. The molecular weight excluding hydrogens is 520 g/mol. The fourth-order valence-corrected chi connectivity index (χ4v) is 6.09. The zero-order valence-corrected chi connectivity index (χ0v) is 22.2. The Hall–Kier alpha value is -3.87. The number of nitrogens with one attached hydrogen (secondary N) is 2. The number of anilines is 4. The molecule has 2 atom stereocenters. The Bertz CT molecular complexity index is 1560. The van der Waals surface area contributed by atoms with E-state index in [0.717, 1.165) is 34.8 Å². The topological polar surface area (TPSA) is 164 Å². The molecule has 1 aliphatic heterocycles. The van der Waals surface area contributed by atoms with E-state index in [0.29, 0.717) is 55.1 Å². The molecule has 6 rings (SSSR count). The first-order chi connectivity index (χ1) is 19.0. The summed E-state index contributed by atoms with van der Waals surface area (Å²) in [6.45, 7) is 2.45. The summed E-state index contributed by atoms with van der Waals surface area (Å²) in [5.41, 5.74) is 12.4. The van der Waals surface area contributed by atoms with E-state index >= 15 is 0 Å². The van der Waals surface area contributed by atoms with Crippen LogP contribution in [0.3, 0.4) is 0 Å². The molecule has 4 aromatic heterocycles. The molecule has 4 aromatic rings. The van der Waals surface area contributed by atoms with Crippen molar-refractivity contribution in [1.82, 2.24) is 4.98 Å². The van der Waals surface area contributed by atoms with Crippen LogP contribution in [0, 0.1) is 0 Å². The third-order valence-corrected chi connectivity index (χ3v) is 8.30. The number of rotatable bonds is 7. The Morgan fingerprint density at radius 3 is 2.77 bits per heavy atom. The predicted octanol–water partition coefficient (Wildman–Crippen LogP) is 3.15. The summed E-state index contributed by atoms with van der Waals surface area (Å²) < 4.78 is 17.2. The molecule has 2 fully saturated rings. The lowest BCUT2D eigenvalue weighted by atomic mass is 9.91. The fourth-order valence-electron chi connectivity index (χ4n) is 5.17. The van der Waals surface area contributed by atoms with Crippen molar-refractivity contribution in [2.75, 3.05) is 41.8 Å². The number of hydrogen-bond donors (Lipinski definition) is 4. The summed E-state index contributed by atoms with van der Waals surface area (Å²) in [5.74, 6) is -0.121. The summed E-state index contributed by atoms with van der Waals surface area (Å²) in [6, 6.07) is 7.70. The number of primary amides is 1. The van der Waals surface area contributed by atoms with E-state index in [2.05, 4.69) is 21.4 Å². The van der Waals surface area contributed by atoms with Gasteiger partial charge in [-0.15, -0.1) is 11.3 Å². The van der Waals surface area contributed by atoms with Crippen LogP contribution >= 0.6 is 11.3 Å². The van der Waals surface area contributed by atoms with E-state index in [-0.39, 0.29) is 22.7 Å². The van der Waals surface area contributed by atoms with E-state index in [1.807, 2.05) is 23.1 Å². The largest absolute Gasteiger partial charge is 0.456 e. The second-order valence-corrected chi connectivity index (χ2v) is 11.0. The molecule has 1 saturated heterocycles. The number of ether oxygens (including phenoxy) is 1. The van der Waals surface area contributed by atoms with Gasteiger partial charge >= 0.3 is 0 Å². The average Bonchev–Trinajstić information content (AvgIpc) is 3.58. The van der Waals surface area contributed by atoms with Gasteiger partial charge in [0.1, 0.15) is 12.3 Å². The number of amides is 1. The highest BCUT2D eigenvalue weighted by Gasteiger charge is 2.25. The Balaban J connectivity index is 1.28. The number of carbonyl (C=O) groups excluding carboxylic acids is 1. The van der Waals surface area contributed by atoms with E-state index in [4.69, 9.17) is 19.3 Å². The smallest absolute Gasteiger partial charge is 0.269 e. The van der Waals surface area contributed by atoms with Gasteiger partial charge in [0.25, 0.3) is 5.91 Å². The Kier molecular flexibility index (Phi) is 6.98. The van der Waals surface area contributed by atoms with Gasteiger partial charge in [0.2, 0.25) is 11.0 Å². The van der Waals surface area contributed by atoms with Crippen LogP contribution in [-0.2, 0) is 4.74 Å². The predicted molar refractivity (Wildman–Crippen MR) is 150 cm³/mol. The minimum atomic E-state index is -0.619. The van der Waals surface area contributed by atoms with E-state index in [1.54, 1.807) is 6.20 Å². The molecule has 11 nitrogen and oxygen atoms in total. The molecule has 0 bridgehead atoms. The van der Waals surface area contributed by atoms with Gasteiger partial charge in [-0.05, 0) is 31.0 Å². The van der Waals surface area contributed by atoms with Gasteiger partial charge in [-0.25, -0.2) is 4.98 Å².